The van der Waals surface area contributed by atoms with Crippen molar-refractivity contribution in [3.8, 4) is 0 Å². The van der Waals surface area contributed by atoms with Crippen molar-refractivity contribution in [2.45, 2.75) is 51.7 Å². The first-order valence-electron chi connectivity index (χ1n) is 7.20. The monoisotopic (exact) mass is 249 g/mol. The lowest BCUT2D eigenvalue weighted by molar-refractivity contribution is 0.155. The number of rotatable bonds is 3. The summed E-state index contributed by atoms with van der Waals surface area (Å²) in [6.07, 6.45) is 5.16. The maximum atomic E-state index is 4.33. The lowest BCUT2D eigenvalue weighted by atomic mass is 10.1. The molecule has 3 heterocycles. The zero-order chi connectivity index (χ0) is 12.4. The number of piperidine rings is 1. The van der Waals surface area contributed by atoms with Crippen molar-refractivity contribution >= 4 is 0 Å². The van der Waals surface area contributed by atoms with E-state index in [9.17, 15) is 0 Å². The summed E-state index contributed by atoms with van der Waals surface area (Å²) in [6.45, 7) is 7.74. The molecule has 1 N–H and O–H groups in total. The Morgan fingerprint density at radius 3 is 2.94 bits per heavy atom. The molecule has 0 spiro atoms. The van der Waals surface area contributed by atoms with Crippen LogP contribution in [0.25, 0.3) is 0 Å². The van der Waals surface area contributed by atoms with Crippen LogP contribution < -0.4 is 5.32 Å². The van der Waals surface area contributed by atoms with Crippen LogP contribution in [0.4, 0.5) is 0 Å². The second kappa shape index (κ2) is 5.36. The van der Waals surface area contributed by atoms with Crippen molar-refractivity contribution in [3.63, 3.8) is 0 Å². The van der Waals surface area contributed by atoms with E-state index in [2.05, 4.69) is 32.1 Å². The van der Waals surface area contributed by atoms with Crippen LogP contribution in [0, 0.1) is 0 Å². The molecule has 1 unspecified atom stereocenters. The minimum Gasteiger partial charge on any atom is -0.311 e. The summed E-state index contributed by atoms with van der Waals surface area (Å²) >= 11 is 0. The van der Waals surface area contributed by atoms with Gasteiger partial charge in [-0.3, -0.25) is 4.90 Å². The summed E-state index contributed by atoms with van der Waals surface area (Å²) in [7, 11) is 0. The molecule has 0 saturated carbocycles. The molecule has 3 rings (SSSR count). The van der Waals surface area contributed by atoms with Crippen molar-refractivity contribution in [1.29, 1.82) is 0 Å². The number of nitrogens with zero attached hydrogens (tertiary/aromatic N) is 4. The van der Waals surface area contributed by atoms with E-state index in [1.165, 1.54) is 38.0 Å². The number of nitrogens with one attached hydrogen (secondary N) is 1. The number of fused-ring (bicyclic) bond motifs is 1. The number of hydrogen-bond acceptors (Lipinski definition) is 4. The van der Waals surface area contributed by atoms with Gasteiger partial charge in [-0.2, -0.15) is 0 Å². The van der Waals surface area contributed by atoms with E-state index in [0.717, 1.165) is 31.7 Å². The molecule has 5 nitrogen and oxygen atoms in total. The normalized spacial score (nSPS) is 22.7. The maximum Gasteiger partial charge on any atom is 0.0997 e. The number of hydrogen-bond donors (Lipinski definition) is 1. The average Bonchev–Trinajstić information content (AvgIpc) is 2.83. The van der Waals surface area contributed by atoms with Gasteiger partial charge in [0.05, 0.1) is 17.9 Å². The van der Waals surface area contributed by atoms with Crippen LogP contribution in [0.5, 0.6) is 0 Å². The van der Waals surface area contributed by atoms with Gasteiger partial charge in [-0.05, 0) is 32.9 Å². The molecule has 1 fully saturated rings. The van der Waals surface area contributed by atoms with E-state index in [4.69, 9.17) is 0 Å². The fraction of sp³-hybridized carbons (Fsp3) is 0.846. The molecule has 100 valence electrons. The molecule has 1 saturated heterocycles. The molecular weight excluding hydrogens is 226 g/mol. The third-order valence-corrected chi connectivity index (χ3v) is 4.20. The van der Waals surface area contributed by atoms with Crippen molar-refractivity contribution in [2.75, 3.05) is 19.6 Å². The number of aromatic nitrogens is 3. The summed E-state index contributed by atoms with van der Waals surface area (Å²) in [5.41, 5.74) is 2.49. The quantitative estimate of drug-likeness (QED) is 0.860. The Balaban J connectivity index is 1.66. The Morgan fingerprint density at radius 1 is 1.28 bits per heavy atom. The zero-order valence-corrected chi connectivity index (χ0v) is 11.2. The topological polar surface area (TPSA) is 46.0 Å². The Bertz CT molecular complexity index is 394. The summed E-state index contributed by atoms with van der Waals surface area (Å²) in [6, 6.07) is 0.575. The van der Waals surface area contributed by atoms with Gasteiger partial charge in [-0.15, -0.1) is 5.10 Å². The van der Waals surface area contributed by atoms with E-state index in [-0.39, 0.29) is 0 Å². The third kappa shape index (κ3) is 2.42. The van der Waals surface area contributed by atoms with Gasteiger partial charge in [0.15, 0.2) is 0 Å². The van der Waals surface area contributed by atoms with Crippen molar-refractivity contribution in [1.82, 2.24) is 25.2 Å². The molecule has 5 heteroatoms. The fourth-order valence-electron chi connectivity index (χ4n) is 3.06. The Hall–Kier alpha value is -0.940. The molecule has 0 aliphatic carbocycles. The van der Waals surface area contributed by atoms with Crippen LogP contribution in [0.2, 0.25) is 0 Å². The molecular formula is C13H23N5. The van der Waals surface area contributed by atoms with Crippen LogP contribution in [0.3, 0.4) is 0 Å². The second-order valence-electron chi connectivity index (χ2n) is 5.54. The Morgan fingerprint density at radius 2 is 2.11 bits per heavy atom. The zero-order valence-electron chi connectivity index (χ0n) is 11.2. The van der Waals surface area contributed by atoms with Gasteiger partial charge in [-0.25, -0.2) is 4.68 Å². The number of likely N-dealkylation sites (tertiary alicyclic amines) is 1. The summed E-state index contributed by atoms with van der Waals surface area (Å²) in [5.74, 6) is 0. The van der Waals surface area contributed by atoms with E-state index in [1.54, 1.807) is 0 Å². The van der Waals surface area contributed by atoms with Crippen molar-refractivity contribution in [3.05, 3.63) is 11.4 Å². The first kappa shape index (κ1) is 12.1. The van der Waals surface area contributed by atoms with E-state index in [0.29, 0.717) is 6.04 Å². The minimum atomic E-state index is 0.575. The van der Waals surface area contributed by atoms with Gasteiger partial charge in [0.1, 0.15) is 0 Å². The predicted octanol–water partition coefficient (Wildman–Crippen LogP) is 0.798. The molecule has 0 aromatic carbocycles. The lowest BCUT2D eigenvalue weighted by Crippen LogP contribution is -2.40. The molecule has 0 bridgehead atoms. The van der Waals surface area contributed by atoms with Gasteiger partial charge in [0.25, 0.3) is 0 Å². The van der Waals surface area contributed by atoms with Crippen LogP contribution in [0.1, 0.15) is 37.6 Å². The summed E-state index contributed by atoms with van der Waals surface area (Å²) in [4.78, 5) is 2.60. The summed E-state index contributed by atoms with van der Waals surface area (Å²) in [5, 5.41) is 12.0. The fourth-order valence-corrected chi connectivity index (χ4v) is 3.06. The van der Waals surface area contributed by atoms with E-state index >= 15 is 0 Å². The van der Waals surface area contributed by atoms with Crippen LogP contribution in [0.15, 0.2) is 0 Å². The lowest BCUT2D eigenvalue weighted by Gasteiger charge is -2.32. The predicted molar refractivity (Wildman–Crippen MR) is 70.3 cm³/mol. The van der Waals surface area contributed by atoms with Crippen molar-refractivity contribution in [2.24, 2.45) is 0 Å². The highest BCUT2D eigenvalue weighted by Crippen LogP contribution is 2.15. The van der Waals surface area contributed by atoms with Crippen LogP contribution >= 0.6 is 0 Å². The van der Waals surface area contributed by atoms with E-state index < -0.39 is 0 Å². The van der Waals surface area contributed by atoms with Crippen LogP contribution in [-0.4, -0.2) is 45.6 Å². The second-order valence-corrected chi connectivity index (χ2v) is 5.54. The van der Waals surface area contributed by atoms with E-state index in [1.807, 2.05) is 0 Å². The Labute approximate surface area is 109 Å². The van der Waals surface area contributed by atoms with Gasteiger partial charge >= 0.3 is 0 Å². The largest absolute Gasteiger partial charge is 0.311 e. The smallest absolute Gasteiger partial charge is 0.0997 e. The molecule has 2 aliphatic rings. The SMILES string of the molecule is CC(Cn1nnc2c1CCNC2)N1CCCCC1. The minimum absolute atomic E-state index is 0.575. The molecule has 2 aliphatic heterocycles. The molecule has 1 aromatic rings. The van der Waals surface area contributed by atoms with Gasteiger partial charge in [0.2, 0.25) is 0 Å². The standard InChI is InChI=1S/C13H23N5/c1-11(17-7-3-2-4-8-17)10-18-13-5-6-14-9-12(13)15-16-18/h11,14H,2-10H2,1H3. The molecule has 1 aromatic heterocycles. The molecule has 0 radical (unpaired) electrons. The van der Waals surface area contributed by atoms with Gasteiger partial charge < -0.3 is 5.32 Å². The highest BCUT2D eigenvalue weighted by atomic mass is 15.4. The Kier molecular flexibility index (Phi) is 3.61. The molecule has 1 atom stereocenters. The first-order valence-corrected chi connectivity index (χ1v) is 7.20. The molecule has 0 amide bonds. The highest BCUT2D eigenvalue weighted by Gasteiger charge is 2.21. The first-order chi connectivity index (χ1) is 8.84. The van der Waals surface area contributed by atoms with Crippen molar-refractivity contribution < 1.29 is 0 Å². The third-order valence-electron chi connectivity index (χ3n) is 4.20. The maximum absolute atomic E-state index is 4.33. The summed E-state index contributed by atoms with van der Waals surface area (Å²) < 4.78 is 2.13. The van der Waals surface area contributed by atoms with Gasteiger partial charge in [0, 0.05) is 25.6 Å². The molecule has 18 heavy (non-hydrogen) atoms. The van der Waals surface area contributed by atoms with Crippen LogP contribution in [-0.2, 0) is 19.5 Å². The van der Waals surface area contributed by atoms with Gasteiger partial charge in [-0.1, -0.05) is 11.6 Å². The average molecular weight is 249 g/mol. The highest BCUT2D eigenvalue weighted by molar-refractivity contribution is 5.13.